The first-order valence-corrected chi connectivity index (χ1v) is 38.3. The van der Waals surface area contributed by atoms with E-state index in [0.29, 0.717) is 22.3 Å². The summed E-state index contributed by atoms with van der Waals surface area (Å²) in [5.74, 6) is -0.0961. The summed E-state index contributed by atoms with van der Waals surface area (Å²) in [6.45, 7) is 0. The van der Waals surface area contributed by atoms with Crippen LogP contribution in [-0.2, 0) is 0 Å². The van der Waals surface area contributed by atoms with Crippen LogP contribution in [-0.4, -0.2) is 11.6 Å². The molecule has 0 heterocycles. The standard InChI is InChI=1S/C110H70O2/c111-109(91-65-87(71-31-9-1-10-32-71)63-88(66-91)72-33-11-2-12-34-72)85-53-27-49-81(61-85)79-47-25-51-83(59-79)100-70-98(76-41-19-6-20-42-76)102(84-52-26-48-80(60-84)82-50-28-54-86(62-82)110(112)92-67-89(73-35-13-3-14-36-73)64-90(68-92)74-37-15-4-16-38-74)108-96-58-29-55-93-103(96)104-94(106(100)108)56-30-57-95(104)107-101(78-45-23-8-24-46-78)97(75-39-17-5-18-40-75)69-99(105(93)107)77-43-21-7-22-44-77/h1-70H. The van der Waals surface area contributed by atoms with Crippen LogP contribution >= 0.6 is 0 Å². The molecule has 20 rings (SSSR count). The van der Waals surface area contributed by atoms with E-state index in [2.05, 4.69) is 303 Å². The molecule has 0 N–H and O–H groups in total. The zero-order chi connectivity index (χ0) is 74.6. The van der Waals surface area contributed by atoms with Gasteiger partial charge in [0.15, 0.2) is 11.6 Å². The van der Waals surface area contributed by atoms with E-state index in [1.165, 1.54) is 37.9 Å². The zero-order valence-corrected chi connectivity index (χ0v) is 61.2. The monoisotopic (exact) mass is 1420 g/mol. The molecule has 522 valence electrons. The van der Waals surface area contributed by atoms with Crippen LogP contribution in [0.1, 0.15) is 31.8 Å². The minimum Gasteiger partial charge on any atom is -0.289 e. The normalized spacial score (nSPS) is 11.5. The number of rotatable bonds is 16. The topological polar surface area (TPSA) is 34.1 Å². The van der Waals surface area contributed by atoms with Crippen molar-refractivity contribution in [2.75, 3.05) is 0 Å². The number of hydrogen-bond donors (Lipinski definition) is 0. The van der Waals surface area contributed by atoms with Crippen molar-refractivity contribution in [3.05, 3.63) is 447 Å². The average Bonchev–Trinajstić information content (AvgIpc) is 0.679. The van der Waals surface area contributed by atoms with Gasteiger partial charge >= 0.3 is 0 Å². The van der Waals surface area contributed by atoms with Crippen LogP contribution in [0.4, 0.5) is 0 Å². The maximum Gasteiger partial charge on any atom is 0.193 e. The Bertz CT molecular complexity index is 6900. The van der Waals surface area contributed by atoms with Crippen molar-refractivity contribution < 1.29 is 9.59 Å². The fourth-order valence-corrected chi connectivity index (χ4v) is 17.3. The third kappa shape index (κ3) is 12.0. The van der Waals surface area contributed by atoms with E-state index in [1.54, 1.807) is 0 Å². The summed E-state index contributed by atoms with van der Waals surface area (Å²) in [4.78, 5) is 30.6. The van der Waals surface area contributed by atoms with Crippen molar-refractivity contribution in [3.63, 3.8) is 0 Å². The highest BCUT2D eigenvalue weighted by Gasteiger charge is 2.29. The summed E-state index contributed by atoms with van der Waals surface area (Å²) in [5, 5.41) is 11.7. The molecule has 2 nitrogen and oxygen atoms in total. The molecule has 0 fully saturated rings. The van der Waals surface area contributed by atoms with Crippen LogP contribution < -0.4 is 0 Å². The summed E-state index contributed by atoms with van der Waals surface area (Å²) in [5.41, 5.74) is 27.8. The smallest absolute Gasteiger partial charge is 0.193 e. The molecule has 0 unspecified atom stereocenters. The van der Waals surface area contributed by atoms with Gasteiger partial charge in [0.05, 0.1) is 0 Å². The van der Waals surface area contributed by atoms with Gasteiger partial charge in [-0.05, 0) is 260 Å². The van der Waals surface area contributed by atoms with Crippen molar-refractivity contribution in [2.24, 2.45) is 0 Å². The third-order valence-electron chi connectivity index (χ3n) is 22.5. The van der Waals surface area contributed by atoms with Crippen molar-refractivity contribution in [1.29, 1.82) is 0 Å². The molecule has 0 radical (unpaired) electrons. The second kappa shape index (κ2) is 28.5. The van der Waals surface area contributed by atoms with Crippen molar-refractivity contribution in [1.82, 2.24) is 0 Å². The summed E-state index contributed by atoms with van der Waals surface area (Å²) < 4.78 is 0. The Balaban J connectivity index is 0.833. The van der Waals surface area contributed by atoms with Crippen LogP contribution in [0, 0.1) is 0 Å². The van der Waals surface area contributed by atoms with E-state index in [4.69, 9.17) is 0 Å². The molecule has 0 atom stereocenters. The molecule has 2 heteroatoms. The van der Waals surface area contributed by atoms with Gasteiger partial charge in [0.1, 0.15) is 0 Å². The van der Waals surface area contributed by atoms with E-state index in [9.17, 15) is 0 Å². The Kier molecular flexibility index (Phi) is 17.0. The lowest BCUT2D eigenvalue weighted by Crippen LogP contribution is -2.02. The first kappa shape index (κ1) is 66.7. The van der Waals surface area contributed by atoms with Gasteiger partial charge in [-0.15, -0.1) is 0 Å². The fourth-order valence-electron chi connectivity index (χ4n) is 17.3. The van der Waals surface area contributed by atoms with Crippen molar-refractivity contribution >= 4 is 65.4 Å². The lowest BCUT2D eigenvalue weighted by molar-refractivity contribution is 0.103. The van der Waals surface area contributed by atoms with Crippen LogP contribution in [0.2, 0.25) is 0 Å². The summed E-state index contributed by atoms with van der Waals surface area (Å²) in [6, 6.07) is 151. The third-order valence-corrected chi connectivity index (χ3v) is 22.5. The van der Waals surface area contributed by atoms with E-state index in [-0.39, 0.29) is 11.6 Å². The average molecular weight is 1420 g/mol. The molecule has 0 aliphatic carbocycles. The van der Waals surface area contributed by atoms with Gasteiger partial charge in [-0.3, -0.25) is 9.59 Å². The number of fused-ring (bicyclic) bond motifs is 6. The molecule has 20 aromatic rings. The maximum atomic E-state index is 15.3. The van der Waals surface area contributed by atoms with Gasteiger partial charge in [0, 0.05) is 22.3 Å². The van der Waals surface area contributed by atoms with Crippen LogP contribution in [0.15, 0.2) is 425 Å². The molecule has 0 saturated carbocycles. The van der Waals surface area contributed by atoms with Gasteiger partial charge in [-0.1, -0.05) is 352 Å². The predicted octanol–water partition coefficient (Wildman–Crippen LogP) is 29.4. The Morgan fingerprint density at radius 2 is 0.366 bits per heavy atom. The van der Waals surface area contributed by atoms with E-state index < -0.39 is 0 Å². The molecule has 0 spiro atoms. The molecule has 0 aromatic heterocycles. The van der Waals surface area contributed by atoms with Crippen LogP contribution in [0.25, 0.3) is 187 Å². The highest BCUT2D eigenvalue weighted by molar-refractivity contribution is 6.45. The van der Waals surface area contributed by atoms with Gasteiger partial charge in [0.2, 0.25) is 0 Å². The van der Waals surface area contributed by atoms with Gasteiger partial charge in [-0.25, -0.2) is 0 Å². The quantitative estimate of drug-likeness (QED) is 0.0549. The summed E-state index contributed by atoms with van der Waals surface area (Å²) in [6.07, 6.45) is 0. The fraction of sp³-hybridized carbons (Fsp3) is 0. The molecule has 20 aromatic carbocycles. The molecular weight excluding hydrogens is 1350 g/mol. The van der Waals surface area contributed by atoms with E-state index in [0.717, 1.165) is 150 Å². The van der Waals surface area contributed by atoms with Crippen LogP contribution in [0.5, 0.6) is 0 Å². The Morgan fingerprint density at radius 3 is 0.732 bits per heavy atom. The largest absolute Gasteiger partial charge is 0.289 e. The zero-order valence-electron chi connectivity index (χ0n) is 61.2. The number of benzene rings is 20. The molecule has 0 amide bonds. The number of carbonyl (C=O) groups is 2. The van der Waals surface area contributed by atoms with E-state index >= 15 is 9.59 Å². The maximum absolute atomic E-state index is 15.3. The van der Waals surface area contributed by atoms with E-state index in [1.807, 2.05) is 121 Å². The molecule has 0 bridgehead atoms. The lowest BCUT2D eigenvalue weighted by Gasteiger charge is -2.26. The van der Waals surface area contributed by atoms with Gasteiger partial charge < -0.3 is 0 Å². The SMILES string of the molecule is O=C(c1cccc(-c2cccc(-c3cc(-c4ccccc4)c(-c4cccc(-c5cccc(C(=O)c6cc(-c7ccccc7)cc(-c7ccccc7)c6)c5)c4)c4c5cccc6c7c(-c8ccccc8)cc(-c8ccccc8)c(-c8ccccc8)c7c7cccc(c34)c7c65)c2)c1)c1cc(-c2ccccc2)cc(-c2ccccc2)c1. The van der Waals surface area contributed by atoms with Crippen molar-refractivity contribution in [3.8, 4) is 134 Å². The molecule has 0 aliphatic rings. The first-order chi connectivity index (χ1) is 55.4. The Labute approximate surface area is 651 Å². The van der Waals surface area contributed by atoms with Gasteiger partial charge in [0.25, 0.3) is 0 Å². The number of carbonyl (C=O) groups excluding carboxylic acids is 2. The predicted molar refractivity (Wildman–Crippen MR) is 470 cm³/mol. The second-order valence-electron chi connectivity index (χ2n) is 29.2. The first-order valence-electron chi connectivity index (χ1n) is 38.3. The lowest BCUT2D eigenvalue weighted by atomic mass is 9.76. The molecule has 112 heavy (non-hydrogen) atoms. The minimum atomic E-state index is -0.0484. The highest BCUT2D eigenvalue weighted by atomic mass is 16.1. The Hall–Kier alpha value is -14.7. The minimum absolute atomic E-state index is 0.0477. The number of hydrogen-bond acceptors (Lipinski definition) is 2. The highest BCUT2D eigenvalue weighted by Crippen LogP contribution is 2.56. The van der Waals surface area contributed by atoms with Gasteiger partial charge in [-0.2, -0.15) is 0 Å². The molecular formula is C110H70O2. The Morgan fingerprint density at radius 1 is 0.134 bits per heavy atom. The summed E-state index contributed by atoms with van der Waals surface area (Å²) in [7, 11) is 0. The van der Waals surface area contributed by atoms with Crippen molar-refractivity contribution in [2.45, 2.75) is 0 Å². The second-order valence-corrected chi connectivity index (χ2v) is 29.2. The summed E-state index contributed by atoms with van der Waals surface area (Å²) >= 11 is 0. The van der Waals surface area contributed by atoms with Crippen LogP contribution in [0.3, 0.4) is 0 Å². The molecule has 0 aliphatic heterocycles. The number of ketones is 2. The molecule has 0 saturated heterocycles.